The zero-order valence-electron chi connectivity index (χ0n) is 11.9. The molecule has 0 heterocycles. The van der Waals surface area contributed by atoms with Crippen molar-refractivity contribution in [2.75, 3.05) is 32.2 Å². The number of nitrogens with one attached hydrogen (secondary N) is 1. The number of hydrogen-bond acceptors (Lipinski definition) is 3. The monoisotopic (exact) mass is 282 g/mol. The standard InChI is InChI=1S/C15H23ClN2O/c1-11(17-2)12-4-7-15(14(16)10-12)18(8-9-19-3)13-5-6-13/h4,7,10-11,13,17H,5-6,8-9H2,1-3H3. The SMILES string of the molecule is CNC(C)c1ccc(N(CCOC)C2CC2)c(Cl)c1. The summed E-state index contributed by atoms with van der Waals surface area (Å²) in [6.45, 7) is 3.78. The molecule has 0 aliphatic heterocycles. The van der Waals surface area contributed by atoms with E-state index in [0.717, 1.165) is 23.9 Å². The van der Waals surface area contributed by atoms with Crippen molar-refractivity contribution in [1.29, 1.82) is 0 Å². The molecule has 106 valence electrons. The number of halogens is 1. The Labute approximate surface area is 120 Å². The smallest absolute Gasteiger partial charge is 0.0643 e. The van der Waals surface area contributed by atoms with Crippen molar-refractivity contribution < 1.29 is 4.74 Å². The molecule has 0 radical (unpaired) electrons. The molecule has 1 saturated carbocycles. The van der Waals surface area contributed by atoms with Crippen molar-refractivity contribution in [2.24, 2.45) is 0 Å². The molecule has 1 aliphatic rings. The second-order valence-electron chi connectivity index (χ2n) is 5.14. The number of ether oxygens (including phenoxy) is 1. The average molecular weight is 283 g/mol. The minimum atomic E-state index is 0.319. The fourth-order valence-corrected chi connectivity index (χ4v) is 2.57. The zero-order chi connectivity index (χ0) is 13.8. The van der Waals surface area contributed by atoms with E-state index in [1.807, 2.05) is 7.05 Å². The molecule has 0 aromatic heterocycles. The van der Waals surface area contributed by atoms with Gasteiger partial charge < -0.3 is 15.0 Å². The molecule has 0 amide bonds. The lowest BCUT2D eigenvalue weighted by atomic mass is 10.1. The Morgan fingerprint density at radius 3 is 2.74 bits per heavy atom. The van der Waals surface area contributed by atoms with Gasteiger partial charge in [0.05, 0.1) is 17.3 Å². The summed E-state index contributed by atoms with van der Waals surface area (Å²) >= 11 is 6.47. The van der Waals surface area contributed by atoms with E-state index in [2.05, 4.69) is 35.3 Å². The summed E-state index contributed by atoms with van der Waals surface area (Å²) in [5, 5.41) is 4.07. The molecule has 1 atom stereocenters. The van der Waals surface area contributed by atoms with Gasteiger partial charge in [-0.15, -0.1) is 0 Å². The Balaban J connectivity index is 2.17. The second-order valence-corrected chi connectivity index (χ2v) is 5.55. The van der Waals surface area contributed by atoms with E-state index < -0.39 is 0 Å². The molecule has 1 aromatic carbocycles. The van der Waals surface area contributed by atoms with Crippen LogP contribution in [0.2, 0.25) is 5.02 Å². The molecule has 1 fully saturated rings. The summed E-state index contributed by atoms with van der Waals surface area (Å²) in [6.07, 6.45) is 2.52. The Kier molecular flexibility index (Phi) is 5.08. The lowest BCUT2D eigenvalue weighted by Crippen LogP contribution is -2.29. The Morgan fingerprint density at radius 1 is 1.47 bits per heavy atom. The van der Waals surface area contributed by atoms with Gasteiger partial charge in [-0.05, 0) is 44.5 Å². The fraction of sp³-hybridized carbons (Fsp3) is 0.600. The van der Waals surface area contributed by atoms with Crippen molar-refractivity contribution in [3.63, 3.8) is 0 Å². The van der Waals surface area contributed by atoms with Crippen molar-refractivity contribution in [3.8, 4) is 0 Å². The normalized spacial score (nSPS) is 16.4. The van der Waals surface area contributed by atoms with Crippen molar-refractivity contribution >= 4 is 17.3 Å². The van der Waals surface area contributed by atoms with Crippen LogP contribution in [0.1, 0.15) is 31.4 Å². The van der Waals surface area contributed by atoms with Crippen LogP contribution in [-0.2, 0) is 4.74 Å². The summed E-state index contributed by atoms with van der Waals surface area (Å²) in [5.74, 6) is 0. The maximum Gasteiger partial charge on any atom is 0.0643 e. The van der Waals surface area contributed by atoms with Gasteiger partial charge in [0.1, 0.15) is 0 Å². The number of nitrogens with zero attached hydrogens (tertiary/aromatic N) is 1. The second kappa shape index (κ2) is 6.60. The van der Waals surface area contributed by atoms with E-state index >= 15 is 0 Å². The first-order chi connectivity index (χ1) is 9.17. The minimum Gasteiger partial charge on any atom is -0.383 e. The van der Waals surface area contributed by atoms with Crippen LogP contribution in [-0.4, -0.2) is 33.4 Å². The molecule has 1 aliphatic carbocycles. The predicted molar refractivity (Wildman–Crippen MR) is 81.2 cm³/mol. The Morgan fingerprint density at radius 2 is 2.21 bits per heavy atom. The molecule has 0 saturated heterocycles. The highest BCUT2D eigenvalue weighted by atomic mass is 35.5. The maximum absolute atomic E-state index is 6.47. The quantitative estimate of drug-likeness (QED) is 0.831. The van der Waals surface area contributed by atoms with E-state index in [-0.39, 0.29) is 0 Å². The minimum absolute atomic E-state index is 0.319. The van der Waals surface area contributed by atoms with Crippen LogP contribution in [0.4, 0.5) is 5.69 Å². The van der Waals surface area contributed by atoms with E-state index in [1.165, 1.54) is 18.4 Å². The highest BCUT2D eigenvalue weighted by Crippen LogP contribution is 2.36. The van der Waals surface area contributed by atoms with Crippen molar-refractivity contribution in [3.05, 3.63) is 28.8 Å². The number of anilines is 1. The van der Waals surface area contributed by atoms with Crippen LogP contribution in [0.25, 0.3) is 0 Å². The van der Waals surface area contributed by atoms with Crippen LogP contribution in [0.5, 0.6) is 0 Å². The van der Waals surface area contributed by atoms with Crippen molar-refractivity contribution in [1.82, 2.24) is 5.32 Å². The van der Waals surface area contributed by atoms with E-state index in [0.29, 0.717) is 12.1 Å². The molecule has 2 rings (SSSR count). The third-order valence-corrected chi connectivity index (χ3v) is 4.04. The molecular formula is C15H23ClN2O. The van der Waals surface area contributed by atoms with E-state index in [9.17, 15) is 0 Å². The first-order valence-electron chi connectivity index (χ1n) is 6.89. The zero-order valence-corrected chi connectivity index (χ0v) is 12.7. The molecule has 3 nitrogen and oxygen atoms in total. The highest BCUT2D eigenvalue weighted by molar-refractivity contribution is 6.33. The number of hydrogen-bond donors (Lipinski definition) is 1. The average Bonchev–Trinajstić information content (AvgIpc) is 3.24. The van der Waals surface area contributed by atoms with E-state index in [4.69, 9.17) is 16.3 Å². The summed E-state index contributed by atoms with van der Waals surface area (Å²) in [5.41, 5.74) is 2.35. The molecule has 0 bridgehead atoms. The predicted octanol–water partition coefficient (Wildman–Crippen LogP) is 3.24. The maximum atomic E-state index is 6.47. The van der Waals surface area contributed by atoms with Gasteiger partial charge in [0.25, 0.3) is 0 Å². The first-order valence-corrected chi connectivity index (χ1v) is 7.27. The summed E-state index contributed by atoms with van der Waals surface area (Å²) in [4.78, 5) is 2.37. The highest BCUT2D eigenvalue weighted by Gasteiger charge is 2.30. The number of rotatable bonds is 7. The van der Waals surface area contributed by atoms with Crippen LogP contribution in [0.15, 0.2) is 18.2 Å². The van der Waals surface area contributed by atoms with E-state index in [1.54, 1.807) is 7.11 Å². The van der Waals surface area contributed by atoms with Crippen LogP contribution in [0, 0.1) is 0 Å². The van der Waals surface area contributed by atoms with Crippen molar-refractivity contribution in [2.45, 2.75) is 31.8 Å². The van der Waals surface area contributed by atoms with Crippen LogP contribution < -0.4 is 10.2 Å². The van der Waals surface area contributed by atoms with Gasteiger partial charge in [0, 0.05) is 25.7 Å². The fourth-order valence-electron chi connectivity index (χ4n) is 2.27. The van der Waals surface area contributed by atoms with Gasteiger partial charge in [-0.3, -0.25) is 0 Å². The summed E-state index contributed by atoms with van der Waals surface area (Å²) in [6, 6.07) is 7.32. The van der Waals surface area contributed by atoms with Gasteiger partial charge in [0.2, 0.25) is 0 Å². The lowest BCUT2D eigenvalue weighted by molar-refractivity contribution is 0.205. The third-order valence-electron chi connectivity index (χ3n) is 3.74. The molecule has 19 heavy (non-hydrogen) atoms. The Hall–Kier alpha value is -0.770. The summed E-state index contributed by atoms with van der Waals surface area (Å²) < 4.78 is 5.20. The van der Waals surface area contributed by atoms with Gasteiger partial charge in [-0.25, -0.2) is 0 Å². The van der Waals surface area contributed by atoms with Crippen LogP contribution >= 0.6 is 11.6 Å². The van der Waals surface area contributed by atoms with Gasteiger partial charge >= 0.3 is 0 Å². The van der Waals surface area contributed by atoms with Gasteiger partial charge in [-0.1, -0.05) is 17.7 Å². The van der Waals surface area contributed by atoms with Gasteiger partial charge in [0.15, 0.2) is 0 Å². The topological polar surface area (TPSA) is 24.5 Å². The molecule has 1 unspecified atom stereocenters. The molecule has 4 heteroatoms. The third kappa shape index (κ3) is 3.62. The number of methoxy groups -OCH3 is 1. The molecular weight excluding hydrogens is 260 g/mol. The Bertz CT molecular complexity index is 421. The lowest BCUT2D eigenvalue weighted by Gasteiger charge is -2.26. The molecule has 1 aromatic rings. The summed E-state index contributed by atoms with van der Waals surface area (Å²) in [7, 11) is 3.70. The molecule has 0 spiro atoms. The molecule has 1 N–H and O–H groups in total. The largest absolute Gasteiger partial charge is 0.383 e. The van der Waals surface area contributed by atoms with Gasteiger partial charge in [-0.2, -0.15) is 0 Å². The first kappa shape index (κ1) is 14.6. The van der Waals surface area contributed by atoms with Crippen LogP contribution in [0.3, 0.4) is 0 Å². The number of benzene rings is 1.